The van der Waals surface area contributed by atoms with Crippen molar-refractivity contribution >= 4 is 17.9 Å². The van der Waals surface area contributed by atoms with Gasteiger partial charge in [0.15, 0.2) is 6.10 Å². The van der Waals surface area contributed by atoms with Crippen molar-refractivity contribution in [2.24, 2.45) is 0 Å². The SMILES string of the molecule is CC/C=C\C/C=C\C/C=C\C/C=C\C/C=C\C/C=C\C/C=C\CCCCCCCCCCCC(=O)OCC(COC(=O)CCCCCCCCC)OC(=O)CC/C=C\C/C=C\C/C=C\C/C=C\CC. The first kappa shape index (κ1) is 64.5. The van der Waals surface area contributed by atoms with E-state index >= 15 is 0 Å². The first-order valence-corrected chi connectivity index (χ1v) is 27.7. The number of unbranched alkanes of at least 4 members (excludes halogenated alkanes) is 15. The van der Waals surface area contributed by atoms with E-state index in [9.17, 15) is 14.4 Å². The van der Waals surface area contributed by atoms with E-state index in [1.807, 2.05) is 12.2 Å². The number of esters is 3. The lowest BCUT2D eigenvalue weighted by Gasteiger charge is -2.18. The summed E-state index contributed by atoms with van der Waals surface area (Å²) >= 11 is 0. The predicted octanol–water partition coefficient (Wildman–Crippen LogP) is 18.6. The smallest absolute Gasteiger partial charge is 0.306 e. The molecule has 0 aliphatic rings. The quantitative estimate of drug-likeness (QED) is 0.0262. The molecule has 6 nitrogen and oxygen atoms in total. The number of rotatable bonds is 48. The Labute approximate surface area is 424 Å². The molecule has 0 aromatic carbocycles. The fourth-order valence-corrected chi connectivity index (χ4v) is 7.08. The highest BCUT2D eigenvalue weighted by atomic mass is 16.6. The monoisotopic (exact) mass is 953 g/mol. The van der Waals surface area contributed by atoms with Crippen LogP contribution in [0.15, 0.2) is 134 Å². The molecular weight excluding hydrogens is 853 g/mol. The van der Waals surface area contributed by atoms with Gasteiger partial charge in [0.2, 0.25) is 0 Å². The number of carbonyl (C=O) groups excluding carboxylic acids is 3. The summed E-state index contributed by atoms with van der Waals surface area (Å²) in [5, 5.41) is 0. The Hall–Kier alpha value is -4.45. The molecule has 69 heavy (non-hydrogen) atoms. The molecule has 388 valence electrons. The molecule has 0 fully saturated rings. The lowest BCUT2D eigenvalue weighted by molar-refractivity contribution is -0.166. The second-order valence-electron chi connectivity index (χ2n) is 17.7. The Morgan fingerprint density at radius 2 is 0.594 bits per heavy atom. The molecule has 0 aromatic heterocycles. The van der Waals surface area contributed by atoms with Crippen molar-refractivity contribution < 1.29 is 28.6 Å². The van der Waals surface area contributed by atoms with Crippen molar-refractivity contribution in [2.45, 2.75) is 232 Å². The third-order valence-corrected chi connectivity index (χ3v) is 11.2. The van der Waals surface area contributed by atoms with E-state index in [-0.39, 0.29) is 31.6 Å². The van der Waals surface area contributed by atoms with Gasteiger partial charge in [0, 0.05) is 19.3 Å². The molecule has 1 unspecified atom stereocenters. The second-order valence-corrected chi connectivity index (χ2v) is 17.7. The zero-order chi connectivity index (χ0) is 50.0. The highest BCUT2D eigenvalue weighted by Crippen LogP contribution is 2.13. The molecule has 0 saturated carbocycles. The van der Waals surface area contributed by atoms with Gasteiger partial charge >= 0.3 is 17.9 Å². The van der Waals surface area contributed by atoms with Crippen LogP contribution in [0.3, 0.4) is 0 Å². The summed E-state index contributed by atoms with van der Waals surface area (Å²) < 4.78 is 16.6. The third-order valence-electron chi connectivity index (χ3n) is 11.2. The van der Waals surface area contributed by atoms with Crippen molar-refractivity contribution in [1.29, 1.82) is 0 Å². The van der Waals surface area contributed by atoms with Gasteiger partial charge in [-0.15, -0.1) is 0 Å². The first-order valence-electron chi connectivity index (χ1n) is 27.7. The van der Waals surface area contributed by atoms with Gasteiger partial charge in [-0.25, -0.2) is 0 Å². The maximum absolute atomic E-state index is 12.7. The van der Waals surface area contributed by atoms with Crippen LogP contribution < -0.4 is 0 Å². The van der Waals surface area contributed by atoms with Crippen LogP contribution in [-0.4, -0.2) is 37.2 Å². The Kier molecular flexibility index (Phi) is 52.5. The predicted molar refractivity (Wildman–Crippen MR) is 297 cm³/mol. The summed E-state index contributed by atoms with van der Waals surface area (Å²) in [7, 11) is 0. The zero-order valence-electron chi connectivity index (χ0n) is 44.3. The van der Waals surface area contributed by atoms with Crippen LogP contribution in [0.25, 0.3) is 0 Å². The molecule has 0 N–H and O–H groups in total. The van der Waals surface area contributed by atoms with Gasteiger partial charge in [-0.3, -0.25) is 14.4 Å². The molecule has 0 spiro atoms. The normalized spacial score (nSPS) is 13.1. The molecule has 0 rings (SSSR count). The number of hydrogen-bond acceptors (Lipinski definition) is 6. The summed E-state index contributed by atoms with van der Waals surface area (Å²) in [6, 6.07) is 0. The molecule has 0 radical (unpaired) electrons. The van der Waals surface area contributed by atoms with Crippen molar-refractivity contribution in [3.05, 3.63) is 134 Å². The zero-order valence-corrected chi connectivity index (χ0v) is 44.3. The molecule has 6 heteroatoms. The van der Waals surface area contributed by atoms with Gasteiger partial charge in [0.05, 0.1) is 0 Å². The van der Waals surface area contributed by atoms with Gasteiger partial charge in [0.1, 0.15) is 13.2 Å². The Morgan fingerprint density at radius 3 is 0.942 bits per heavy atom. The summed E-state index contributed by atoms with van der Waals surface area (Å²) in [5.41, 5.74) is 0. The summed E-state index contributed by atoms with van der Waals surface area (Å²) in [5.74, 6) is -1.01. The molecule has 0 bridgehead atoms. The first-order chi connectivity index (χ1) is 34.0. The van der Waals surface area contributed by atoms with E-state index < -0.39 is 12.1 Å². The largest absolute Gasteiger partial charge is 0.462 e. The van der Waals surface area contributed by atoms with Crippen LogP contribution in [-0.2, 0) is 28.6 Å². The minimum atomic E-state index is -0.818. The molecule has 1 atom stereocenters. The number of ether oxygens (including phenoxy) is 3. The molecule has 0 aliphatic carbocycles. The molecule has 0 aromatic rings. The van der Waals surface area contributed by atoms with Gasteiger partial charge < -0.3 is 14.2 Å². The lowest BCUT2D eigenvalue weighted by Crippen LogP contribution is -2.30. The van der Waals surface area contributed by atoms with Crippen LogP contribution in [0.5, 0.6) is 0 Å². The van der Waals surface area contributed by atoms with Gasteiger partial charge in [-0.2, -0.15) is 0 Å². The van der Waals surface area contributed by atoms with Crippen molar-refractivity contribution in [1.82, 2.24) is 0 Å². The standard InChI is InChI=1S/C63H100O6/c1-4-7-10-13-16-18-20-22-23-24-25-26-27-28-29-30-31-32-33-34-35-36-37-38-39-41-42-44-47-50-53-56-62(65)68-59-60(58-67-61(64)55-52-49-46-15-12-9-6-3)69-63(66)57-54-51-48-45-43-40-21-19-17-14-11-8-5-2/h7-8,10-11,16-19,22-23,25-26,28-29,31-32,34-35,40,43,48,51,60H,4-6,9,12-15,20-21,24,27,30,33,36-39,41-42,44-47,49-50,52-59H2,1-3H3/b10-7-,11-8-,18-16-,19-17-,23-22-,26-25-,29-28-,32-31-,35-34-,43-40-,51-48-. The minimum Gasteiger partial charge on any atom is -0.462 e. The van der Waals surface area contributed by atoms with Crippen LogP contribution in [0.2, 0.25) is 0 Å². The number of allylic oxidation sites excluding steroid dienone is 22. The molecule has 0 amide bonds. The van der Waals surface area contributed by atoms with E-state index in [1.165, 1.54) is 64.2 Å². The summed E-state index contributed by atoms with van der Waals surface area (Å²) in [6.07, 6.45) is 79.2. The maximum atomic E-state index is 12.7. The fraction of sp³-hybridized carbons (Fsp3) is 0.603. The van der Waals surface area contributed by atoms with Crippen LogP contribution in [0.1, 0.15) is 226 Å². The van der Waals surface area contributed by atoms with Crippen LogP contribution >= 0.6 is 0 Å². The average Bonchev–Trinajstić information content (AvgIpc) is 3.35. The highest BCUT2D eigenvalue weighted by Gasteiger charge is 2.19. The van der Waals surface area contributed by atoms with E-state index in [0.29, 0.717) is 19.3 Å². The molecule has 0 aliphatic heterocycles. The third kappa shape index (κ3) is 54.4. The molecule has 0 heterocycles. The van der Waals surface area contributed by atoms with Crippen molar-refractivity contribution in [3.63, 3.8) is 0 Å². The van der Waals surface area contributed by atoms with Crippen LogP contribution in [0, 0.1) is 0 Å². The highest BCUT2D eigenvalue weighted by molar-refractivity contribution is 5.71. The second kappa shape index (κ2) is 56.1. The van der Waals surface area contributed by atoms with E-state index in [0.717, 1.165) is 116 Å². The van der Waals surface area contributed by atoms with Crippen molar-refractivity contribution in [2.75, 3.05) is 13.2 Å². The molecular formula is C63H100O6. The lowest BCUT2D eigenvalue weighted by atomic mass is 10.1. The fourth-order valence-electron chi connectivity index (χ4n) is 7.08. The Balaban J connectivity index is 4.19. The van der Waals surface area contributed by atoms with Crippen molar-refractivity contribution in [3.8, 4) is 0 Å². The number of hydrogen-bond donors (Lipinski definition) is 0. The molecule has 0 saturated heterocycles. The Bertz CT molecular complexity index is 1510. The van der Waals surface area contributed by atoms with Crippen LogP contribution in [0.4, 0.5) is 0 Å². The van der Waals surface area contributed by atoms with Gasteiger partial charge in [-0.05, 0) is 103 Å². The topological polar surface area (TPSA) is 78.9 Å². The number of carbonyl (C=O) groups is 3. The summed E-state index contributed by atoms with van der Waals surface area (Å²) in [6.45, 7) is 6.28. The summed E-state index contributed by atoms with van der Waals surface area (Å²) in [4.78, 5) is 37.8. The van der Waals surface area contributed by atoms with Gasteiger partial charge in [0.25, 0.3) is 0 Å². The Morgan fingerprint density at radius 1 is 0.304 bits per heavy atom. The van der Waals surface area contributed by atoms with E-state index in [4.69, 9.17) is 14.2 Å². The van der Waals surface area contributed by atoms with Gasteiger partial charge in [-0.1, -0.05) is 238 Å². The van der Waals surface area contributed by atoms with E-state index in [1.54, 1.807) is 0 Å². The maximum Gasteiger partial charge on any atom is 0.306 e. The minimum absolute atomic E-state index is 0.111. The average molecular weight is 953 g/mol. The van der Waals surface area contributed by atoms with E-state index in [2.05, 4.69) is 142 Å².